The van der Waals surface area contributed by atoms with Gasteiger partial charge < -0.3 is 20.5 Å². The molecule has 2 heterocycles. The van der Waals surface area contributed by atoms with E-state index in [4.69, 9.17) is 10.4 Å². The van der Waals surface area contributed by atoms with Gasteiger partial charge in [0, 0.05) is 17.8 Å². The van der Waals surface area contributed by atoms with E-state index in [0.29, 0.717) is 24.8 Å². The monoisotopic (exact) mass is 315 g/mol. The van der Waals surface area contributed by atoms with Crippen LogP contribution in [0.3, 0.4) is 0 Å². The maximum Gasteiger partial charge on any atom is 0.522 e. The predicted molar refractivity (Wildman–Crippen MR) is 84.4 cm³/mol. The van der Waals surface area contributed by atoms with Crippen molar-refractivity contribution in [3.63, 3.8) is 0 Å². The average molecular weight is 315 g/mol. The van der Waals surface area contributed by atoms with E-state index in [0.717, 1.165) is 11.1 Å². The van der Waals surface area contributed by atoms with Gasteiger partial charge in [-0.1, -0.05) is 12.1 Å². The first-order chi connectivity index (χ1) is 11.0. The minimum absolute atomic E-state index is 0.0825. The van der Waals surface area contributed by atoms with Crippen molar-refractivity contribution < 1.29 is 19.6 Å². The lowest BCUT2D eigenvalue weighted by Gasteiger charge is -2.23. The first-order valence-corrected chi connectivity index (χ1v) is 7.46. The first kappa shape index (κ1) is 15.6. The molecule has 0 fully saturated rings. The molecule has 1 unspecified atom stereocenters. The van der Waals surface area contributed by atoms with Gasteiger partial charge in [0.25, 0.3) is 0 Å². The summed E-state index contributed by atoms with van der Waals surface area (Å²) < 4.78 is 7.02. The van der Waals surface area contributed by atoms with E-state index in [9.17, 15) is 14.9 Å². The summed E-state index contributed by atoms with van der Waals surface area (Å²) in [6.45, 7) is 2.15. The quantitative estimate of drug-likeness (QED) is 0.728. The molecule has 1 atom stereocenters. The summed E-state index contributed by atoms with van der Waals surface area (Å²) in [6.07, 6.45) is 4.52. The molecule has 0 bridgehead atoms. The van der Waals surface area contributed by atoms with Crippen molar-refractivity contribution in [3.8, 4) is 5.75 Å². The molecule has 1 aromatic heterocycles. The zero-order valence-electron chi connectivity index (χ0n) is 12.8. The number of rotatable bonds is 4. The fourth-order valence-electron chi connectivity index (χ4n) is 2.71. The van der Waals surface area contributed by atoms with E-state index in [1.54, 1.807) is 23.1 Å². The molecule has 4 N–H and O–H groups in total. The molecule has 0 spiro atoms. The van der Waals surface area contributed by atoms with Crippen LogP contribution in [0.15, 0.2) is 24.5 Å². The Kier molecular flexibility index (Phi) is 4.10. The number of carboxylic acids is 1. The van der Waals surface area contributed by atoms with E-state index in [2.05, 4.69) is 5.10 Å². The lowest BCUT2D eigenvalue weighted by molar-refractivity contribution is 0.0693. The number of nitrogens with two attached hydrogens (primary N) is 1. The normalized spacial score (nSPS) is 15.0. The third kappa shape index (κ3) is 3.08. The maximum atomic E-state index is 11.7. The van der Waals surface area contributed by atoms with Gasteiger partial charge in [-0.15, -0.1) is 0 Å². The predicted octanol–water partition coefficient (Wildman–Crippen LogP) is 1.06. The Morgan fingerprint density at radius 2 is 2.35 bits per heavy atom. The topological polar surface area (TPSA) is 111 Å². The molecular formula is C15H18BN3O4. The molecule has 1 aliphatic heterocycles. The number of nitrogens with zero attached hydrogens (tertiary/aromatic N) is 2. The Morgan fingerprint density at radius 3 is 3.00 bits per heavy atom. The van der Waals surface area contributed by atoms with Crippen molar-refractivity contribution in [2.45, 2.75) is 32.3 Å². The molecule has 23 heavy (non-hydrogen) atoms. The van der Waals surface area contributed by atoms with Crippen molar-refractivity contribution in [3.05, 3.63) is 46.8 Å². The summed E-state index contributed by atoms with van der Waals surface area (Å²) in [6, 6.07) is 3.49. The van der Waals surface area contributed by atoms with Gasteiger partial charge in [-0.05, 0) is 30.8 Å². The average Bonchev–Trinajstić information content (AvgIpc) is 2.95. The summed E-state index contributed by atoms with van der Waals surface area (Å²) in [7, 11) is -0.967. The number of aromatic carboxylic acids is 1. The molecule has 0 saturated heterocycles. The molecule has 0 amide bonds. The van der Waals surface area contributed by atoms with Crippen LogP contribution in [0, 0.1) is 0 Å². The van der Waals surface area contributed by atoms with Gasteiger partial charge in [0.15, 0.2) is 0 Å². The van der Waals surface area contributed by atoms with Crippen molar-refractivity contribution in [2.24, 2.45) is 5.73 Å². The van der Waals surface area contributed by atoms with Gasteiger partial charge in [-0.3, -0.25) is 4.68 Å². The second-order valence-corrected chi connectivity index (χ2v) is 5.76. The highest BCUT2D eigenvalue weighted by atomic mass is 16.5. The summed E-state index contributed by atoms with van der Waals surface area (Å²) in [5.41, 5.74) is 8.15. The number of hydrogen-bond donors (Lipinski definition) is 3. The second kappa shape index (κ2) is 6.06. The van der Waals surface area contributed by atoms with Gasteiger partial charge >= 0.3 is 13.1 Å². The van der Waals surface area contributed by atoms with Gasteiger partial charge in [0.05, 0.1) is 12.7 Å². The van der Waals surface area contributed by atoms with Crippen LogP contribution in [-0.2, 0) is 13.0 Å². The molecule has 7 nitrogen and oxygen atoms in total. The first-order valence-electron chi connectivity index (χ1n) is 7.46. The zero-order chi connectivity index (χ0) is 16.6. The van der Waals surface area contributed by atoms with Gasteiger partial charge in [-0.2, -0.15) is 5.10 Å². The highest BCUT2D eigenvalue weighted by Gasteiger charge is 2.29. The fourth-order valence-corrected chi connectivity index (χ4v) is 2.71. The van der Waals surface area contributed by atoms with Crippen LogP contribution >= 0.6 is 0 Å². The molecule has 120 valence electrons. The fraction of sp³-hybridized carbons (Fsp3) is 0.333. The molecule has 2 aromatic rings. The number of aryl methyl sites for hydroxylation is 1. The van der Waals surface area contributed by atoms with E-state index in [-0.39, 0.29) is 17.4 Å². The van der Waals surface area contributed by atoms with Gasteiger partial charge in [0.2, 0.25) is 0 Å². The number of fused-ring (bicyclic) bond motifs is 1. The summed E-state index contributed by atoms with van der Waals surface area (Å²) in [5.74, 6) is -0.821. The lowest BCUT2D eigenvalue weighted by atomic mass is 9.78. The van der Waals surface area contributed by atoms with Crippen LogP contribution in [-0.4, -0.2) is 33.0 Å². The summed E-state index contributed by atoms with van der Waals surface area (Å²) >= 11 is 0. The molecule has 3 rings (SSSR count). The minimum Gasteiger partial charge on any atom is -0.535 e. The van der Waals surface area contributed by atoms with E-state index in [1.807, 2.05) is 13.0 Å². The Morgan fingerprint density at radius 1 is 1.57 bits per heavy atom. The largest absolute Gasteiger partial charge is 0.535 e. The van der Waals surface area contributed by atoms with Crippen molar-refractivity contribution in [2.75, 3.05) is 0 Å². The summed E-state index contributed by atoms with van der Waals surface area (Å²) in [5, 5.41) is 23.4. The van der Waals surface area contributed by atoms with E-state index in [1.165, 1.54) is 0 Å². The summed E-state index contributed by atoms with van der Waals surface area (Å²) in [4.78, 5) is 11.7. The third-order valence-electron chi connectivity index (χ3n) is 3.97. The smallest absolute Gasteiger partial charge is 0.522 e. The third-order valence-corrected chi connectivity index (χ3v) is 3.97. The minimum atomic E-state index is -1.08. The number of hydrogen-bond acceptors (Lipinski definition) is 5. The van der Waals surface area contributed by atoms with E-state index >= 15 is 0 Å². The van der Waals surface area contributed by atoms with Crippen molar-refractivity contribution in [1.29, 1.82) is 0 Å². The van der Waals surface area contributed by atoms with Crippen LogP contribution in [0.4, 0.5) is 0 Å². The highest BCUT2D eigenvalue weighted by Crippen LogP contribution is 2.33. The van der Waals surface area contributed by atoms with Crippen LogP contribution in [0.5, 0.6) is 5.75 Å². The van der Waals surface area contributed by atoms with E-state index < -0.39 is 13.1 Å². The van der Waals surface area contributed by atoms with Crippen LogP contribution < -0.4 is 10.4 Å². The van der Waals surface area contributed by atoms with Crippen LogP contribution in [0.2, 0.25) is 6.32 Å². The number of carboxylic acid groups (broad SMARTS) is 1. The Bertz CT molecular complexity index is 744. The standard InChI is InChI=1S/C15H18BN3O4/c1-9(17)12-6-18-19(8-12)7-11-3-2-10-4-5-16(22)23-14(10)13(11)15(20)21/h2-3,6,8-9,22H,4-5,7,17H2,1H3,(H,20,21). The van der Waals surface area contributed by atoms with Crippen LogP contribution in [0.25, 0.3) is 0 Å². The molecule has 0 saturated carbocycles. The Balaban J connectivity index is 1.98. The van der Waals surface area contributed by atoms with Crippen molar-refractivity contribution in [1.82, 2.24) is 9.78 Å². The Hall–Kier alpha value is -2.32. The maximum absolute atomic E-state index is 11.7. The van der Waals surface area contributed by atoms with Gasteiger partial charge in [-0.25, -0.2) is 4.79 Å². The molecule has 0 aliphatic carbocycles. The number of carbonyl (C=O) groups is 1. The molecular weight excluding hydrogens is 297 g/mol. The molecule has 8 heteroatoms. The number of aromatic nitrogens is 2. The molecule has 1 aliphatic rings. The van der Waals surface area contributed by atoms with Gasteiger partial charge in [0.1, 0.15) is 11.3 Å². The Labute approximate surface area is 133 Å². The van der Waals surface area contributed by atoms with Crippen LogP contribution in [0.1, 0.15) is 40.0 Å². The molecule has 1 aromatic carbocycles. The molecule has 0 radical (unpaired) electrons. The zero-order valence-corrected chi connectivity index (χ0v) is 12.8. The second-order valence-electron chi connectivity index (χ2n) is 5.76. The SMILES string of the molecule is CC(N)c1cnn(Cc2ccc3c(c2C(=O)O)OB(O)CC3)c1. The van der Waals surface area contributed by atoms with Crippen molar-refractivity contribution >= 4 is 13.1 Å². The highest BCUT2D eigenvalue weighted by molar-refractivity contribution is 6.44. The number of benzene rings is 1. The lowest BCUT2D eigenvalue weighted by Crippen LogP contribution is -2.28.